The Morgan fingerprint density at radius 1 is 1.17 bits per heavy atom. The maximum atomic E-state index is 12.0. The molecule has 3 aromatic rings. The topological polar surface area (TPSA) is 83.3 Å². The van der Waals surface area contributed by atoms with Crippen LogP contribution in [0.3, 0.4) is 0 Å². The average Bonchev–Trinajstić information content (AvgIpc) is 2.96. The Morgan fingerprint density at radius 3 is 2.70 bits per heavy atom. The largest absolute Gasteiger partial charge is 0.399 e. The quantitative estimate of drug-likeness (QED) is 0.393. The lowest BCUT2D eigenvalue weighted by molar-refractivity contribution is 0.0954. The number of hydrogen-bond donors (Lipinski definition) is 3. The lowest BCUT2D eigenvalue weighted by Gasteiger charge is -2.03. The summed E-state index contributed by atoms with van der Waals surface area (Å²) in [5.74, 6) is -0.247. The number of hydrogen-bond acceptors (Lipinski definition) is 3. The van der Waals surface area contributed by atoms with Crippen LogP contribution < -0.4 is 11.2 Å². The van der Waals surface area contributed by atoms with E-state index in [4.69, 9.17) is 5.73 Å². The summed E-state index contributed by atoms with van der Waals surface area (Å²) in [6.45, 7) is 1.89. The van der Waals surface area contributed by atoms with Crippen LogP contribution in [0.2, 0.25) is 0 Å². The highest BCUT2D eigenvalue weighted by Crippen LogP contribution is 2.18. The standard InChI is InChI=1S/C18H18N4O/c1-12(10-14-11-20-17-5-3-2-4-16(14)17)21-22-18(23)13-6-8-15(19)9-7-13/h2-9,11,20H,10,19H2,1H3,(H,22,23)/b21-12+. The molecule has 0 aliphatic carbocycles. The number of amides is 1. The van der Waals surface area contributed by atoms with Gasteiger partial charge in [0.05, 0.1) is 0 Å². The number of fused-ring (bicyclic) bond motifs is 1. The minimum absolute atomic E-state index is 0.247. The number of nitrogens with one attached hydrogen (secondary N) is 2. The summed E-state index contributed by atoms with van der Waals surface area (Å²) in [6, 6.07) is 14.8. The molecule has 0 atom stereocenters. The van der Waals surface area contributed by atoms with Gasteiger partial charge in [-0.3, -0.25) is 4.79 Å². The normalized spacial score (nSPS) is 11.6. The molecule has 2 aromatic carbocycles. The average molecular weight is 306 g/mol. The van der Waals surface area contributed by atoms with E-state index in [2.05, 4.69) is 21.6 Å². The van der Waals surface area contributed by atoms with Crippen molar-refractivity contribution < 1.29 is 4.79 Å². The molecule has 1 amide bonds. The van der Waals surface area contributed by atoms with E-state index < -0.39 is 0 Å². The Labute approximate surface area is 134 Å². The van der Waals surface area contributed by atoms with Gasteiger partial charge in [0.2, 0.25) is 0 Å². The molecule has 0 fully saturated rings. The van der Waals surface area contributed by atoms with E-state index >= 15 is 0 Å². The van der Waals surface area contributed by atoms with Crippen molar-refractivity contribution in [2.45, 2.75) is 13.3 Å². The number of nitrogens with zero attached hydrogens (tertiary/aromatic N) is 1. The first-order valence-corrected chi connectivity index (χ1v) is 7.37. The number of carbonyl (C=O) groups is 1. The van der Waals surface area contributed by atoms with Gasteiger partial charge in [0.15, 0.2) is 0 Å². The van der Waals surface area contributed by atoms with Crippen molar-refractivity contribution in [2.75, 3.05) is 5.73 Å². The van der Waals surface area contributed by atoms with Crippen LogP contribution >= 0.6 is 0 Å². The Bertz CT molecular complexity index is 862. The number of para-hydroxylation sites is 1. The lowest BCUT2D eigenvalue weighted by atomic mass is 10.1. The van der Waals surface area contributed by atoms with Gasteiger partial charge in [-0.2, -0.15) is 5.10 Å². The monoisotopic (exact) mass is 306 g/mol. The van der Waals surface area contributed by atoms with Crippen molar-refractivity contribution in [3.8, 4) is 0 Å². The second-order valence-electron chi connectivity index (χ2n) is 5.45. The second kappa shape index (κ2) is 6.36. The van der Waals surface area contributed by atoms with Crippen molar-refractivity contribution in [3.63, 3.8) is 0 Å². The molecule has 0 radical (unpaired) electrons. The van der Waals surface area contributed by atoms with Crippen molar-refractivity contribution >= 4 is 28.2 Å². The van der Waals surface area contributed by atoms with Gasteiger partial charge in [-0.05, 0) is 42.8 Å². The van der Waals surface area contributed by atoms with Crippen LogP contribution in [0.1, 0.15) is 22.8 Å². The number of H-pyrrole nitrogens is 1. The predicted molar refractivity (Wildman–Crippen MR) is 93.4 cm³/mol. The summed E-state index contributed by atoms with van der Waals surface area (Å²) in [5, 5.41) is 5.35. The second-order valence-corrected chi connectivity index (χ2v) is 5.45. The summed E-state index contributed by atoms with van der Waals surface area (Å²) < 4.78 is 0. The van der Waals surface area contributed by atoms with Crippen molar-refractivity contribution in [1.82, 2.24) is 10.4 Å². The number of anilines is 1. The first kappa shape index (κ1) is 14.8. The third-order valence-electron chi connectivity index (χ3n) is 3.64. The van der Waals surface area contributed by atoms with Gasteiger partial charge in [-0.25, -0.2) is 5.43 Å². The Morgan fingerprint density at radius 2 is 1.91 bits per heavy atom. The van der Waals surface area contributed by atoms with Crippen molar-refractivity contribution in [3.05, 3.63) is 65.9 Å². The Kier molecular flexibility index (Phi) is 4.10. The van der Waals surface area contributed by atoms with E-state index in [1.165, 1.54) is 5.39 Å². The minimum Gasteiger partial charge on any atom is -0.399 e. The molecule has 116 valence electrons. The zero-order valence-electron chi connectivity index (χ0n) is 12.8. The Balaban J connectivity index is 1.68. The highest BCUT2D eigenvalue weighted by molar-refractivity contribution is 5.96. The van der Waals surface area contributed by atoms with Gasteiger partial charge < -0.3 is 10.7 Å². The molecule has 5 heteroatoms. The van der Waals surface area contributed by atoms with E-state index in [0.29, 0.717) is 17.7 Å². The molecule has 0 spiro atoms. The van der Waals surface area contributed by atoms with Crippen LogP contribution in [0.4, 0.5) is 5.69 Å². The fourth-order valence-electron chi connectivity index (χ4n) is 2.44. The molecule has 0 bridgehead atoms. The molecule has 0 aliphatic rings. The molecular weight excluding hydrogens is 288 g/mol. The molecule has 1 aromatic heterocycles. The van der Waals surface area contributed by atoms with Gasteiger partial charge in [-0.15, -0.1) is 0 Å². The third kappa shape index (κ3) is 3.40. The molecule has 0 aliphatic heterocycles. The highest BCUT2D eigenvalue weighted by atomic mass is 16.2. The van der Waals surface area contributed by atoms with Crippen LogP contribution in [0.25, 0.3) is 10.9 Å². The van der Waals surface area contributed by atoms with E-state index in [0.717, 1.165) is 16.8 Å². The maximum absolute atomic E-state index is 12.0. The summed E-state index contributed by atoms with van der Waals surface area (Å²) in [5.41, 5.74) is 12.4. The zero-order valence-corrected chi connectivity index (χ0v) is 12.8. The van der Waals surface area contributed by atoms with Crippen molar-refractivity contribution in [2.24, 2.45) is 5.10 Å². The number of nitrogens with two attached hydrogens (primary N) is 1. The third-order valence-corrected chi connectivity index (χ3v) is 3.64. The van der Waals surface area contributed by atoms with Crippen LogP contribution in [0.15, 0.2) is 59.8 Å². The highest BCUT2D eigenvalue weighted by Gasteiger charge is 2.06. The number of nitrogen functional groups attached to an aromatic ring is 1. The fraction of sp³-hybridized carbons (Fsp3) is 0.111. The molecule has 0 saturated heterocycles. The SMILES string of the molecule is C/C(Cc1c[nH]c2ccccc12)=N\NC(=O)c1ccc(N)cc1. The van der Waals surface area contributed by atoms with Gasteiger partial charge in [-0.1, -0.05) is 18.2 Å². The minimum atomic E-state index is -0.247. The fourth-order valence-corrected chi connectivity index (χ4v) is 2.44. The van der Waals surface area contributed by atoms with Crippen LogP contribution in [0, 0.1) is 0 Å². The first-order chi connectivity index (χ1) is 11.1. The number of rotatable bonds is 4. The smallest absolute Gasteiger partial charge is 0.271 e. The van der Waals surface area contributed by atoms with E-state index in [9.17, 15) is 4.79 Å². The van der Waals surface area contributed by atoms with Crippen LogP contribution in [-0.4, -0.2) is 16.6 Å². The van der Waals surface area contributed by atoms with Gasteiger partial charge in [0.25, 0.3) is 5.91 Å². The molecule has 1 heterocycles. The van der Waals surface area contributed by atoms with E-state index in [1.807, 2.05) is 31.3 Å². The van der Waals surface area contributed by atoms with Crippen molar-refractivity contribution in [1.29, 1.82) is 0 Å². The lowest BCUT2D eigenvalue weighted by Crippen LogP contribution is -2.19. The number of hydrazone groups is 1. The molecule has 0 unspecified atom stereocenters. The number of carbonyl (C=O) groups excluding carboxylic acids is 1. The van der Waals surface area contributed by atoms with Gasteiger partial charge >= 0.3 is 0 Å². The summed E-state index contributed by atoms with van der Waals surface area (Å²) >= 11 is 0. The van der Waals surface area contributed by atoms with Gasteiger partial charge in [0, 0.05) is 40.5 Å². The summed E-state index contributed by atoms with van der Waals surface area (Å²) in [4.78, 5) is 15.2. The molecule has 0 saturated carbocycles. The first-order valence-electron chi connectivity index (χ1n) is 7.37. The molecular formula is C18H18N4O. The molecule has 4 N–H and O–H groups in total. The number of aromatic nitrogens is 1. The Hall–Kier alpha value is -3.08. The summed E-state index contributed by atoms with van der Waals surface area (Å²) in [6.07, 6.45) is 2.65. The van der Waals surface area contributed by atoms with Gasteiger partial charge in [0.1, 0.15) is 0 Å². The van der Waals surface area contributed by atoms with E-state index in [1.54, 1.807) is 24.3 Å². The summed E-state index contributed by atoms with van der Waals surface area (Å²) in [7, 11) is 0. The zero-order chi connectivity index (χ0) is 16.2. The number of aromatic amines is 1. The molecule has 23 heavy (non-hydrogen) atoms. The van der Waals surface area contributed by atoms with E-state index in [-0.39, 0.29) is 5.91 Å². The molecule has 5 nitrogen and oxygen atoms in total. The maximum Gasteiger partial charge on any atom is 0.271 e. The molecule has 3 rings (SSSR count). The number of benzene rings is 2. The van der Waals surface area contributed by atoms with Crippen LogP contribution in [-0.2, 0) is 6.42 Å². The van der Waals surface area contributed by atoms with Crippen LogP contribution in [0.5, 0.6) is 0 Å². The predicted octanol–water partition coefficient (Wildman–Crippen LogP) is 3.10.